The highest BCUT2D eigenvalue weighted by molar-refractivity contribution is 9.10. The van der Waals surface area contributed by atoms with Crippen LogP contribution < -0.4 is 10.1 Å². The molecule has 1 amide bonds. The summed E-state index contributed by atoms with van der Waals surface area (Å²) in [5, 5.41) is 3.90. The molecule has 0 spiro atoms. The summed E-state index contributed by atoms with van der Waals surface area (Å²) >= 11 is 5.14. The van der Waals surface area contributed by atoms with E-state index >= 15 is 0 Å². The molecular weight excluding hydrogens is 496 g/mol. The second-order valence-corrected chi connectivity index (χ2v) is 9.38. The number of benzene rings is 4. The first-order chi connectivity index (χ1) is 16.2. The molecule has 5 aromatic rings. The number of para-hydroxylation sites is 1. The van der Waals surface area contributed by atoms with E-state index in [0.717, 1.165) is 30.8 Å². The molecule has 0 aliphatic carbocycles. The van der Waals surface area contributed by atoms with Gasteiger partial charge in [-0.2, -0.15) is 0 Å². The lowest BCUT2D eigenvalue weighted by atomic mass is 10.1. The summed E-state index contributed by atoms with van der Waals surface area (Å²) in [6.07, 6.45) is 0. The molecule has 0 unspecified atom stereocenters. The van der Waals surface area contributed by atoms with Crippen LogP contribution in [0.1, 0.15) is 15.9 Å². The van der Waals surface area contributed by atoms with Gasteiger partial charge in [0, 0.05) is 15.6 Å². The van der Waals surface area contributed by atoms with E-state index in [1.807, 2.05) is 84.9 Å². The van der Waals surface area contributed by atoms with Gasteiger partial charge in [0.05, 0.1) is 15.9 Å². The summed E-state index contributed by atoms with van der Waals surface area (Å²) in [6.45, 7) is 0.483. The summed E-state index contributed by atoms with van der Waals surface area (Å²) in [4.78, 5) is 17.7. The van der Waals surface area contributed by atoms with Crippen LogP contribution in [0.2, 0.25) is 0 Å². The van der Waals surface area contributed by atoms with Gasteiger partial charge in [0.25, 0.3) is 5.91 Å². The number of anilines is 1. The van der Waals surface area contributed by atoms with E-state index in [1.54, 1.807) is 23.5 Å². The SMILES string of the molecule is O=C(Nc1ccc(Br)cc1-c1nc2ccccc2s1)c1ccc(OCc2ccccc2)cc1. The van der Waals surface area contributed by atoms with Crippen LogP contribution in [0, 0.1) is 0 Å². The van der Waals surface area contributed by atoms with Gasteiger partial charge in [-0.05, 0) is 60.2 Å². The number of rotatable bonds is 6. The molecule has 0 atom stereocenters. The van der Waals surface area contributed by atoms with Crippen LogP contribution in [0.4, 0.5) is 5.69 Å². The Morgan fingerprint density at radius 2 is 1.67 bits per heavy atom. The Kier molecular flexibility index (Phi) is 6.19. The van der Waals surface area contributed by atoms with Crippen molar-refractivity contribution < 1.29 is 9.53 Å². The molecule has 0 saturated heterocycles. The molecule has 1 aromatic heterocycles. The lowest BCUT2D eigenvalue weighted by molar-refractivity contribution is 0.102. The molecule has 0 saturated carbocycles. The second-order valence-electron chi connectivity index (χ2n) is 7.43. The van der Waals surface area contributed by atoms with Gasteiger partial charge in [0.2, 0.25) is 0 Å². The molecule has 0 radical (unpaired) electrons. The van der Waals surface area contributed by atoms with Crippen molar-refractivity contribution in [1.82, 2.24) is 4.98 Å². The van der Waals surface area contributed by atoms with Gasteiger partial charge < -0.3 is 10.1 Å². The number of carbonyl (C=O) groups excluding carboxylic acids is 1. The van der Waals surface area contributed by atoms with Crippen LogP contribution >= 0.6 is 27.3 Å². The fourth-order valence-corrected chi connectivity index (χ4v) is 4.78. The highest BCUT2D eigenvalue weighted by Crippen LogP contribution is 2.36. The van der Waals surface area contributed by atoms with E-state index in [0.29, 0.717) is 23.6 Å². The van der Waals surface area contributed by atoms with Crippen molar-refractivity contribution in [3.63, 3.8) is 0 Å². The minimum absolute atomic E-state index is 0.186. The largest absolute Gasteiger partial charge is 0.489 e. The van der Waals surface area contributed by atoms with Crippen LogP contribution in [0.15, 0.2) is 102 Å². The Hall–Kier alpha value is -3.48. The van der Waals surface area contributed by atoms with Crippen LogP contribution in [-0.4, -0.2) is 10.9 Å². The lowest BCUT2D eigenvalue weighted by Crippen LogP contribution is -2.12. The average Bonchev–Trinajstić information content (AvgIpc) is 3.29. The van der Waals surface area contributed by atoms with Crippen molar-refractivity contribution in [2.75, 3.05) is 5.32 Å². The molecule has 1 heterocycles. The molecule has 6 heteroatoms. The van der Waals surface area contributed by atoms with Crippen molar-refractivity contribution in [2.45, 2.75) is 6.61 Å². The fraction of sp³-hybridized carbons (Fsp3) is 0.0370. The number of halogens is 1. The molecule has 162 valence electrons. The summed E-state index contributed by atoms with van der Waals surface area (Å²) < 4.78 is 7.85. The van der Waals surface area contributed by atoms with Gasteiger partial charge in [0.15, 0.2) is 0 Å². The van der Waals surface area contributed by atoms with Crippen molar-refractivity contribution in [3.05, 3.63) is 113 Å². The number of hydrogen-bond acceptors (Lipinski definition) is 4. The number of fused-ring (bicyclic) bond motifs is 1. The standard InChI is InChI=1S/C27H19BrN2O2S/c28-20-12-15-23(22(16-20)27-30-24-8-4-5-9-25(24)33-27)29-26(31)19-10-13-21(14-11-19)32-17-18-6-2-1-3-7-18/h1-16H,17H2,(H,29,31). The molecular formula is C27H19BrN2O2S. The summed E-state index contributed by atoms with van der Waals surface area (Å²) in [6, 6.07) is 30.9. The Balaban J connectivity index is 1.33. The van der Waals surface area contributed by atoms with Crippen LogP contribution in [0.5, 0.6) is 5.75 Å². The first-order valence-corrected chi connectivity index (χ1v) is 12.0. The van der Waals surface area contributed by atoms with Crippen LogP contribution in [0.25, 0.3) is 20.8 Å². The third kappa shape index (κ3) is 4.97. The Morgan fingerprint density at radius 3 is 2.45 bits per heavy atom. The predicted octanol–water partition coefficient (Wildman–Crippen LogP) is 7.56. The van der Waals surface area contributed by atoms with E-state index in [4.69, 9.17) is 9.72 Å². The van der Waals surface area contributed by atoms with E-state index in [-0.39, 0.29) is 5.91 Å². The van der Waals surface area contributed by atoms with Crippen LogP contribution in [-0.2, 0) is 6.61 Å². The maximum Gasteiger partial charge on any atom is 0.255 e. The predicted molar refractivity (Wildman–Crippen MR) is 138 cm³/mol. The second kappa shape index (κ2) is 9.57. The average molecular weight is 515 g/mol. The van der Waals surface area contributed by atoms with E-state index in [1.165, 1.54) is 0 Å². The maximum absolute atomic E-state index is 13.0. The Labute approximate surface area is 204 Å². The molecule has 33 heavy (non-hydrogen) atoms. The van der Waals surface area contributed by atoms with Gasteiger partial charge >= 0.3 is 0 Å². The van der Waals surface area contributed by atoms with Crippen molar-refractivity contribution in [2.24, 2.45) is 0 Å². The number of carbonyl (C=O) groups is 1. The molecule has 0 aliphatic rings. The summed E-state index contributed by atoms with van der Waals surface area (Å²) in [7, 11) is 0. The number of nitrogens with zero attached hydrogens (tertiary/aromatic N) is 1. The molecule has 4 aromatic carbocycles. The molecule has 4 nitrogen and oxygen atoms in total. The number of nitrogens with one attached hydrogen (secondary N) is 1. The van der Waals surface area contributed by atoms with Gasteiger partial charge in [0.1, 0.15) is 17.4 Å². The smallest absolute Gasteiger partial charge is 0.255 e. The molecule has 5 rings (SSSR count). The first-order valence-electron chi connectivity index (χ1n) is 10.4. The highest BCUT2D eigenvalue weighted by Gasteiger charge is 2.14. The molecule has 0 aliphatic heterocycles. The van der Waals surface area contributed by atoms with Crippen molar-refractivity contribution >= 4 is 49.1 Å². The zero-order valence-corrected chi connectivity index (χ0v) is 19.9. The normalized spacial score (nSPS) is 10.8. The third-order valence-corrected chi connectivity index (χ3v) is 6.68. The van der Waals surface area contributed by atoms with Gasteiger partial charge in [-0.25, -0.2) is 4.98 Å². The zero-order chi connectivity index (χ0) is 22.6. The van der Waals surface area contributed by atoms with E-state index in [9.17, 15) is 4.79 Å². The van der Waals surface area contributed by atoms with Gasteiger partial charge in [-0.15, -0.1) is 11.3 Å². The van der Waals surface area contributed by atoms with Gasteiger partial charge in [-0.3, -0.25) is 4.79 Å². The zero-order valence-electron chi connectivity index (χ0n) is 17.5. The Morgan fingerprint density at radius 1 is 0.909 bits per heavy atom. The van der Waals surface area contributed by atoms with E-state index < -0.39 is 0 Å². The number of thiazole rings is 1. The third-order valence-electron chi connectivity index (χ3n) is 5.12. The Bertz CT molecular complexity index is 1380. The van der Waals surface area contributed by atoms with E-state index in [2.05, 4.69) is 21.2 Å². The first kappa shape index (κ1) is 21.4. The minimum Gasteiger partial charge on any atom is -0.489 e. The monoisotopic (exact) mass is 514 g/mol. The molecule has 0 bridgehead atoms. The van der Waals surface area contributed by atoms with Gasteiger partial charge in [-0.1, -0.05) is 58.4 Å². The maximum atomic E-state index is 13.0. The quantitative estimate of drug-likeness (QED) is 0.254. The number of ether oxygens (including phenoxy) is 1. The summed E-state index contributed by atoms with van der Waals surface area (Å²) in [5.41, 5.74) is 4.19. The topological polar surface area (TPSA) is 51.2 Å². The molecule has 1 N–H and O–H groups in total. The molecule has 0 fully saturated rings. The van der Waals surface area contributed by atoms with Crippen molar-refractivity contribution in [1.29, 1.82) is 0 Å². The highest BCUT2D eigenvalue weighted by atomic mass is 79.9. The summed E-state index contributed by atoms with van der Waals surface area (Å²) in [5.74, 6) is 0.531. The minimum atomic E-state index is -0.186. The number of aromatic nitrogens is 1. The van der Waals surface area contributed by atoms with Crippen LogP contribution in [0.3, 0.4) is 0 Å². The lowest BCUT2D eigenvalue weighted by Gasteiger charge is -2.11. The number of amides is 1. The number of hydrogen-bond donors (Lipinski definition) is 1. The van der Waals surface area contributed by atoms with Crippen molar-refractivity contribution in [3.8, 4) is 16.3 Å². The fourth-order valence-electron chi connectivity index (χ4n) is 3.43.